The van der Waals surface area contributed by atoms with Crippen LogP contribution in [0, 0.1) is 30.3 Å². The average Bonchev–Trinajstić information content (AvgIpc) is 3.11. The van der Waals surface area contributed by atoms with E-state index in [9.17, 15) is 67.6 Å². The maximum Gasteiger partial charge on any atom is 1.00 e. The van der Waals surface area contributed by atoms with Gasteiger partial charge in [-0.25, -0.2) is 8.57 Å². The number of hydrogen-bond acceptors (Lipinski definition) is 22. The molecule has 5 aromatic rings. The Morgan fingerprint density at radius 3 is 1.70 bits per heavy atom. The molecule has 0 heterocycles. The van der Waals surface area contributed by atoms with Crippen LogP contribution in [0.5, 0.6) is 23.0 Å². The average molecular weight is 844 g/mol. The standard InChI is InChI=1S/C28H17N9O16S2.2Na/c38-18-5-6-21(25(39)11-18)30-31-22-12-19(54(48,49)52-33-29-15-1-3-16(4-2-15)35(42)43)7-14-8-20(13-26(40)27(14)22)55(50,51)53-34-32-23-9-17(36(44)45)10-24(28(23)41)37(46)47;;/h1-13,38-41H;;/q;2*+1/p-2. The van der Waals surface area contributed by atoms with Gasteiger partial charge in [-0.1, -0.05) is 5.75 Å². The van der Waals surface area contributed by atoms with Gasteiger partial charge in [0.15, 0.2) is 0 Å². The summed E-state index contributed by atoms with van der Waals surface area (Å²) in [5.74, 6) is -3.57. The molecule has 0 aromatic heterocycles. The normalized spacial score (nSPS) is 11.6. The molecule has 57 heavy (non-hydrogen) atoms. The van der Waals surface area contributed by atoms with E-state index in [4.69, 9.17) is 0 Å². The Balaban J connectivity index is 0.00000435. The molecule has 0 aliphatic rings. The summed E-state index contributed by atoms with van der Waals surface area (Å²) >= 11 is 0. The molecule has 29 heteroatoms. The summed E-state index contributed by atoms with van der Waals surface area (Å²) in [6.45, 7) is 0. The van der Waals surface area contributed by atoms with Crippen molar-refractivity contribution < 1.29 is 120 Å². The van der Waals surface area contributed by atoms with Gasteiger partial charge in [-0.2, -0.15) is 16.8 Å². The monoisotopic (exact) mass is 843 g/mol. The van der Waals surface area contributed by atoms with E-state index >= 15 is 0 Å². The number of phenolic OH excluding ortho intramolecular Hbond substituents is 2. The SMILES string of the molecule is O=[N+]([O-])c1ccc(N=NOS(=O)(=O)c2cc(N=Nc3ccc(O)cc3O)c3c([O-])cc(S(=O)(=O)ON=Nc4cc([N+](=O)[O-])cc([N+](=O)[O-])c4[O-])cc3c2)cc1.[Na+].[Na+]. The fourth-order valence-electron chi connectivity index (χ4n) is 4.31. The second-order valence-electron chi connectivity index (χ2n) is 10.4. The molecule has 0 saturated carbocycles. The molecule has 0 aliphatic heterocycles. The van der Waals surface area contributed by atoms with Crippen LogP contribution in [-0.4, -0.2) is 41.8 Å². The summed E-state index contributed by atoms with van der Waals surface area (Å²) in [4.78, 5) is 28.3. The van der Waals surface area contributed by atoms with Crippen molar-refractivity contribution in [2.75, 3.05) is 0 Å². The van der Waals surface area contributed by atoms with Crippen LogP contribution in [0.15, 0.2) is 120 Å². The van der Waals surface area contributed by atoms with Crippen LogP contribution >= 0.6 is 0 Å². The number of nitro groups is 3. The fourth-order valence-corrected chi connectivity index (χ4v) is 5.78. The van der Waals surface area contributed by atoms with Gasteiger partial charge in [-0.3, -0.25) is 30.3 Å². The molecule has 25 nitrogen and oxygen atoms in total. The first-order valence-electron chi connectivity index (χ1n) is 14.2. The number of fused-ring (bicyclic) bond motifs is 1. The number of benzene rings is 5. The Kier molecular flexibility index (Phi) is 14.6. The molecular formula is C28H15N9Na2O16S2. The molecule has 5 rings (SSSR count). The van der Waals surface area contributed by atoms with Gasteiger partial charge in [0, 0.05) is 46.0 Å². The third-order valence-electron chi connectivity index (χ3n) is 6.81. The molecule has 282 valence electrons. The third-order valence-corrected chi connectivity index (χ3v) is 8.96. The molecule has 0 unspecified atom stereocenters. The van der Waals surface area contributed by atoms with Gasteiger partial charge >= 0.3 is 79.4 Å². The van der Waals surface area contributed by atoms with Gasteiger partial charge in [-0.15, -0.1) is 20.5 Å². The van der Waals surface area contributed by atoms with Crippen molar-refractivity contribution in [1.82, 2.24) is 0 Å². The number of nitrogens with zero attached hydrogens (tertiary/aromatic N) is 9. The topological polar surface area (TPSA) is 377 Å². The quantitative estimate of drug-likeness (QED) is 0.0644. The van der Waals surface area contributed by atoms with E-state index < -0.39 is 95.6 Å². The molecule has 5 aromatic carbocycles. The minimum absolute atomic E-state index is 0. The van der Waals surface area contributed by atoms with Gasteiger partial charge < -0.3 is 20.4 Å². The van der Waals surface area contributed by atoms with E-state index in [0.29, 0.717) is 24.3 Å². The molecule has 0 aliphatic carbocycles. The smallest absolute Gasteiger partial charge is 0.872 e. The van der Waals surface area contributed by atoms with Crippen molar-refractivity contribution in [1.29, 1.82) is 0 Å². The Labute approximate surface area is 360 Å². The van der Waals surface area contributed by atoms with Crippen LogP contribution in [-0.2, 0) is 28.8 Å². The zero-order valence-corrected chi connectivity index (χ0v) is 34.1. The summed E-state index contributed by atoms with van der Waals surface area (Å²) in [5.41, 5.74) is -4.49. The number of hydrogen-bond donors (Lipinski definition) is 2. The minimum Gasteiger partial charge on any atom is -0.872 e. The van der Waals surface area contributed by atoms with E-state index in [1.165, 1.54) is 0 Å². The molecule has 0 amide bonds. The summed E-state index contributed by atoms with van der Waals surface area (Å²) in [6.07, 6.45) is 0. The summed E-state index contributed by atoms with van der Waals surface area (Å²) in [5, 5.41) is 97.6. The van der Waals surface area contributed by atoms with Gasteiger partial charge in [0.05, 0.1) is 37.9 Å². The Bertz CT molecular complexity index is 2740. The zero-order chi connectivity index (χ0) is 40.2. The van der Waals surface area contributed by atoms with Gasteiger partial charge in [-0.05, 0) is 53.9 Å². The molecule has 0 saturated heterocycles. The number of phenols is 2. The van der Waals surface area contributed by atoms with Crippen LogP contribution in [0.2, 0.25) is 0 Å². The Hall–Kier alpha value is -5.94. The largest absolute Gasteiger partial charge is 1.00 e. The maximum atomic E-state index is 13.3. The van der Waals surface area contributed by atoms with Crippen LogP contribution in [0.3, 0.4) is 0 Å². The van der Waals surface area contributed by atoms with Gasteiger partial charge in [0.2, 0.25) is 0 Å². The number of non-ortho nitro benzene ring substituents is 2. The maximum absolute atomic E-state index is 13.3. The number of nitro benzene ring substituents is 3. The predicted molar refractivity (Wildman–Crippen MR) is 175 cm³/mol. The van der Waals surface area contributed by atoms with Gasteiger partial charge in [0.1, 0.15) is 27.0 Å². The summed E-state index contributed by atoms with van der Waals surface area (Å²) < 4.78 is 61.3. The molecule has 0 fully saturated rings. The van der Waals surface area contributed by atoms with Gasteiger partial charge in [0.25, 0.3) is 17.1 Å². The van der Waals surface area contributed by atoms with E-state index in [-0.39, 0.29) is 81.9 Å². The summed E-state index contributed by atoms with van der Waals surface area (Å²) in [6, 6.07) is 10.9. The first kappa shape index (κ1) is 45.4. The molecule has 2 N–H and O–H groups in total. The molecular weight excluding hydrogens is 828 g/mol. The van der Waals surface area contributed by atoms with Crippen molar-refractivity contribution in [3.8, 4) is 23.0 Å². The van der Waals surface area contributed by atoms with Crippen LogP contribution in [0.1, 0.15) is 0 Å². The van der Waals surface area contributed by atoms with Crippen molar-refractivity contribution >= 4 is 70.8 Å². The van der Waals surface area contributed by atoms with E-state index in [0.717, 1.165) is 54.6 Å². The van der Waals surface area contributed by atoms with Crippen molar-refractivity contribution in [2.24, 2.45) is 31.0 Å². The second-order valence-corrected chi connectivity index (χ2v) is 13.4. The first-order valence-corrected chi connectivity index (χ1v) is 17.0. The predicted octanol–water partition coefficient (Wildman–Crippen LogP) is -0.645. The summed E-state index contributed by atoms with van der Waals surface area (Å²) in [7, 11) is -10.2. The number of rotatable bonds is 13. The van der Waals surface area contributed by atoms with E-state index in [1.54, 1.807) is 0 Å². The first-order chi connectivity index (χ1) is 25.9. The molecule has 0 spiro atoms. The van der Waals surface area contributed by atoms with Crippen molar-refractivity contribution in [3.05, 3.63) is 109 Å². The van der Waals surface area contributed by atoms with Crippen LogP contribution in [0.25, 0.3) is 10.8 Å². The fraction of sp³-hybridized carbons (Fsp3) is 0. The molecule has 0 radical (unpaired) electrons. The van der Waals surface area contributed by atoms with Crippen molar-refractivity contribution in [3.63, 3.8) is 0 Å². The van der Waals surface area contributed by atoms with Crippen LogP contribution < -0.4 is 69.3 Å². The van der Waals surface area contributed by atoms with Crippen molar-refractivity contribution in [2.45, 2.75) is 9.79 Å². The minimum atomic E-state index is -5.19. The van der Waals surface area contributed by atoms with E-state index in [1.807, 2.05) is 0 Å². The molecule has 0 bridgehead atoms. The number of azo groups is 1. The van der Waals surface area contributed by atoms with Crippen LogP contribution in [0.4, 0.5) is 39.8 Å². The zero-order valence-electron chi connectivity index (χ0n) is 28.5. The number of aromatic hydroxyl groups is 2. The Morgan fingerprint density at radius 1 is 0.579 bits per heavy atom. The third kappa shape index (κ3) is 10.7. The van der Waals surface area contributed by atoms with E-state index in [2.05, 4.69) is 39.6 Å². The Morgan fingerprint density at radius 2 is 1.14 bits per heavy atom. The second kappa shape index (κ2) is 18.3. The molecule has 0 atom stereocenters.